The van der Waals surface area contributed by atoms with Crippen LogP contribution in [0, 0.1) is 13.8 Å². The minimum atomic E-state index is -0.635. The molecule has 0 unspecified atom stereocenters. The van der Waals surface area contributed by atoms with Crippen LogP contribution in [0.5, 0.6) is 0 Å². The molecule has 2 aromatic carbocycles. The number of nitrogens with zero attached hydrogens (tertiary/aromatic N) is 1. The van der Waals surface area contributed by atoms with Crippen molar-refractivity contribution in [3.8, 4) is 0 Å². The first-order valence-corrected chi connectivity index (χ1v) is 11.0. The minimum Gasteiger partial charge on any atom is -0.352 e. The number of carbonyl (C=O) groups is 2. The molecule has 0 fully saturated rings. The zero-order chi connectivity index (χ0) is 22.4. The van der Waals surface area contributed by atoms with Crippen LogP contribution in [0.25, 0.3) is 0 Å². The van der Waals surface area contributed by atoms with E-state index >= 15 is 0 Å². The van der Waals surface area contributed by atoms with Crippen LogP contribution in [0.4, 0.5) is 0 Å². The third-order valence-electron chi connectivity index (χ3n) is 5.16. The average molecular weight is 449 g/mol. The molecule has 0 saturated carbocycles. The summed E-state index contributed by atoms with van der Waals surface area (Å²) >= 11 is 12.4. The van der Waals surface area contributed by atoms with Gasteiger partial charge in [-0.25, -0.2) is 0 Å². The van der Waals surface area contributed by atoms with Crippen LogP contribution in [0.2, 0.25) is 10.0 Å². The maximum atomic E-state index is 13.3. The standard InChI is InChI=1S/C24H30Cl2N2O2/c1-6-17(4)27-24(30)18(5)28(14-20-7-8-21(25)13-22(20)26)23(29)12-19-10-15(2)9-16(3)11-19/h7-11,13,17-18H,6,12,14H2,1-5H3,(H,27,30)/t17-,18+/m0/s1. The number of benzene rings is 2. The van der Waals surface area contributed by atoms with Gasteiger partial charge in [-0.15, -0.1) is 0 Å². The minimum absolute atomic E-state index is 0.0374. The van der Waals surface area contributed by atoms with Crippen molar-refractivity contribution in [1.29, 1.82) is 0 Å². The van der Waals surface area contributed by atoms with Gasteiger partial charge in [-0.05, 0) is 57.4 Å². The van der Waals surface area contributed by atoms with Crippen molar-refractivity contribution in [1.82, 2.24) is 10.2 Å². The summed E-state index contributed by atoms with van der Waals surface area (Å²) in [7, 11) is 0. The van der Waals surface area contributed by atoms with Gasteiger partial charge < -0.3 is 10.2 Å². The molecule has 2 aromatic rings. The molecule has 4 nitrogen and oxygen atoms in total. The molecular formula is C24H30Cl2N2O2. The highest BCUT2D eigenvalue weighted by Gasteiger charge is 2.27. The number of rotatable bonds is 8. The summed E-state index contributed by atoms with van der Waals surface area (Å²) in [4.78, 5) is 27.7. The van der Waals surface area contributed by atoms with E-state index in [2.05, 4.69) is 11.4 Å². The van der Waals surface area contributed by atoms with Crippen molar-refractivity contribution in [2.75, 3.05) is 0 Å². The molecule has 6 heteroatoms. The second-order valence-electron chi connectivity index (χ2n) is 7.92. The van der Waals surface area contributed by atoms with Gasteiger partial charge in [0.25, 0.3) is 0 Å². The van der Waals surface area contributed by atoms with Crippen molar-refractivity contribution in [3.63, 3.8) is 0 Å². The Morgan fingerprint density at radius 2 is 1.67 bits per heavy atom. The van der Waals surface area contributed by atoms with E-state index < -0.39 is 6.04 Å². The number of aryl methyl sites for hydroxylation is 2. The first-order valence-electron chi connectivity index (χ1n) is 10.2. The Kier molecular flexibility index (Phi) is 8.75. The summed E-state index contributed by atoms with van der Waals surface area (Å²) in [5.41, 5.74) is 3.89. The normalized spacial score (nSPS) is 12.9. The maximum Gasteiger partial charge on any atom is 0.242 e. The number of hydrogen-bond donors (Lipinski definition) is 1. The summed E-state index contributed by atoms with van der Waals surface area (Å²) in [5.74, 6) is -0.305. The van der Waals surface area contributed by atoms with Gasteiger partial charge in [0.05, 0.1) is 6.42 Å². The van der Waals surface area contributed by atoms with E-state index in [0.717, 1.165) is 28.7 Å². The zero-order valence-corrected chi connectivity index (χ0v) is 19.8. The Labute approximate surface area is 189 Å². The molecule has 162 valence electrons. The molecule has 0 aliphatic carbocycles. The largest absolute Gasteiger partial charge is 0.352 e. The van der Waals surface area contributed by atoms with Gasteiger partial charge in [0.1, 0.15) is 6.04 Å². The van der Waals surface area contributed by atoms with Gasteiger partial charge in [-0.2, -0.15) is 0 Å². The first-order chi connectivity index (χ1) is 14.1. The molecule has 2 rings (SSSR count). The van der Waals surface area contributed by atoms with Gasteiger partial charge in [0, 0.05) is 22.6 Å². The van der Waals surface area contributed by atoms with E-state index in [1.165, 1.54) is 0 Å². The van der Waals surface area contributed by atoms with Gasteiger partial charge in [0.2, 0.25) is 11.8 Å². The molecule has 0 aliphatic heterocycles. The number of nitrogens with one attached hydrogen (secondary N) is 1. The molecule has 0 bridgehead atoms. The van der Waals surface area contributed by atoms with E-state index in [0.29, 0.717) is 10.0 Å². The van der Waals surface area contributed by atoms with Crippen LogP contribution in [0.1, 0.15) is 49.4 Å². The molecule has 0 spiro atoms. The quantitative estimate of drug-likeness (QED) is 0.580. The molecule has 0 aromatic heterocycles. The van der Waals surface area contributed by atoms with E-state index in [1.807, 2.05) is 39.8 Å². The molecule has 0 radical (unpaired) electrons. The summed E-state index contributed by atoms with van der Waals surface area (Å²) in [5, 5.41) is 3.97. The summed E-state index contributed by atoms with van der Waals surface area (Å²) in [6, 6.07) is 10.7. The lowest BCUT2D eigenvalue weighted by Gasteiger charge is -2.30. The fraction of sp³-hybridized carbons (Fsp3) is 0.417. The van der Waals surface area contributed by atoms with Gasteiger partial charge in [-0.3, -0.25) is 9.59 Å². The third kappa shape index (κ3) is 6.75. The highest BCUT2D eigenvalue weighted by Crippen LogP contribution is 2.24. The second-order valence-corrected chi connectivity index (χ2v) is 8.77. The van der Waals surface area contributed by atoms with Crippen LogP contribution in [-0.2, 0) is 22.6 Å². The predicted molar refractivity (Wildman–Crippen MR) is 124 cm³/mol. The predicted octanol–water partition coefficient (Wildman–Crippen LogP) is 5.48. The van der Waals surface area contributed by atoms with Crippen molar-refractivity contribution < 1.29 is 9.59 Å². The summed E-state index contributed by atoms with van der Waals surface area (Å²) in [6.45, 7) is 9.95. The molecule has 0 saturated heterocycles. The lowest BCUT2D eigenvalue weighted by molar-refractivity contribution is -0.140. The van der Waals surface area contributed by atoms with Crippen molar-refractivity contribution >= 4 is 35.0 Å². The van der Waals surface area contributed by atoms with E-state index in [-0.39, 0.29) is 30.8 Å². The molecule has 2 amide bonds. The average Bonchev–Trinajstić information content (AvgIpc) is 2.65. The van der Waals surface area contributed by atoms with Crippen LogP contribution in [0.3, 0.4) is 0 Å². The maximum absolute atomic E-state index is 13.3. The zero-order valence-electron chi connectivity index (χ0n) is 18.3. The highest BCUT2D eigenvalue weighted by molar-refractivity contribution is 6.35. The fourth-order valence-corrected chi connectivity index (χ4v) is 3.80. The molecule has 30 heavy (non-hydrogen) atoms. The van der Waals surface area contributed by atoms with Crippen LogP contribution in [-0.4, -0.2) is 28.8 Å². The van der Waals surface area contributed by atoms with Crippen LogP contribution in [0.15, 0.2) is 36.4 Å². The van der Waals surface area contributed by atoms with Crippen molar-refractivity contribution in [2.45, 2.75) is 66.1 Å². The Balaban J connectivity index is 2.30. The van der Waals surface area contributed by atoms with Gasteiger partial charge in [-0.1, -0.05) is 65.5 Å². The molecule has 1 N–H and O–H groups in total. The van der Waals surface area contributed by atoms with Gasteiger partial charge in [0.15, 0.2) is 0 Å². The SMILES string of the molecule is CC[C@H](C)NC(=O)[C@@H](C)N(Cc1ccc(Cl)cc1Cl)C(=O)Cc1cc(C)cc(C)c1. The topological polar surface area (TPSA) is 49.4 Å². The number of hydrogen-bond acceptors (Lipinski definition) is 2. The van der Waals surface area contributed by atoms with Crippen molar-refractivity contribution in [3.05, 3.63) is 68.7 Å². The lowest BCUT2D eigenvalue weighted by atomic mass is 10.0. The Hall–Kier alpha value is -2.04. The lowest BCUT2D eigenvalue weighted by Crippen LogP contribution is -2.50. The highest BCUT2D eigenvalue weighted by atomic mass is 35.5. The fourth-order valence-electron chi connectivity index (χ4n) is 3.33. The van der Waals surface area contributed by atoms with E-state index in [1.54, 1.807) is 30.0 Å². The summed E-state index contributed by atoms with van der Waals surface area (Å²) in [6.07, 6.45) is 1.03. The van der Waals surface area contributed by atoms with E-state index in [9.17, 15) is 9.59 Å². The van der Waals surface area contributed by atoms with Gasteiger partial charge >= 0.3 is 0 Å². The number of halogens is 2. The van der Waals surface area contributed by atoms with Crippen molar-refractivity contribution in [2.24, 2.45) is 0 Å². The molecule has 2 atom stereocenters. The summed E-state index contributed by atoms with van der Waals surface area (Å²) < 4.78 is 0. The third-order valence-corrected chi connectivity index (χ3v) is 5.75. The van der Waals surface area contributed by atoms with Crippen LogP contribution >= 0.6 is 23.2 Å². The van der Waals surface area contributed by atoms with Crippen LogP contribution < -0.4 is 5.32 Å². The Morgan fingerprint density at radius 1 is 1.03 bits per heavy atom. The molecular weight excluding hydrogens is 419 g/mol. The smallest absolute Gasteiger partial charge is 0.242 e. The monoisotopic (exact) mass is 448 g/mol. The first kappa shape index (κ1) is 24.2. The Bertz CT molecular complexity index is 894. The molecule has 0 aliphatic rings. The number of amides is 2. The molecule has 0 heterocycles. The Morgan fingerprint density at radius 3 is 2.23 bits per heavy atom. The van der Waals surface area contributed by atoms with E-state index in [4.69, 9.17) is 23.2 Å². The second kappa shape index (κ2) is 10.8. The number of carbonyl (C=O) groups excluding carboxylic acids is 2.